The number of methoxy groups -OCH3 is 1. The Balaban J connectivity index is 2.41. The number of amides is 1. The van der Waals surface area contributed by atoms with Gasteiger partial charge in [0.25, 0.3) is 0 Å². The van der Waals surface area contributed by atoms with Gasteiger partial charge in [0.15, 0.2) is 0 Å². The second kappa shape index (κ2) is 4.84. The summed E-state index contributed by atoms with van der Waals surface area (Å²) in [5, 5.41) is 2.53. The highest BCUT2D eigenvalue weighted by Gasteiger charge is 2.25. The first-order valence-electron chi connectivity index (χ1n) is 4.57. The Hall–Kier alpha value is -1.06. The van der Waals surface area contributed by atoms with E-state index in [0.29, 0.717) is 5.92 Å². The highest BCUT2D eigenvalue weighted by molar-refractivity contribution is 5.73. The molecule has 0 aromatic rings. The van der Waals surface area contributed by atoms with Crippen LogP contribution >= 0.6 is 0 Å². The number of ether oxygens (including phenoxy) is 1. The van der Waals surface area contributed by atoms with Crippen molar-refractivity contribution in [2.24, 2.45) is 5.92 Å². The van der Waals surface area contributed by atoms with Gasteiger partial charge in [-0.2, -0.15) is 0 Å². The molecule has 1 fully saturated rings. The van der Waals surface area contributed by atoms with Crippen molar-refractivity contribution in [2.75, 3.05) is 7.11 Å². The zero-order valence-electron chi connectivity index (χ0n) is 7.79. The molecule has 1 saturated carbocycles. The number of nitrogens with one attached hydrogen (secondary N) is 1. The van der Waals surface area contributed by atoms with E-state index in [1.165, 1.54) is 7.11 Å². The van der Waals surface area contributed by atoms with Crippen LogP contribution in [0.5, 0.6) is 0 Å². The maximum Gasteiger partial charge on any atom is 0.407 e. The first-order chi connectivity index (χ1) is 6.27. The lowest BCUT2D eigenvalue weighted by Crippen LogP contribution is -2.40. The van der Waals surface area contributed by atoms with Gasteiger partial charge in [0.05, 0.1) is 13.2 Å². The average Bonchev–Trinajstić information content (AvgIpc) is 2.66. The van der Waals surface area contributed by atoms with Crippen LogP contribution in [0.2, 0.25) is 0 Å². The van der Waals surface area contributed by atoms with Gasteiger partial charge in [-0.1, -0.05) is 12.8 Å². The van der Waals surface area contributed by atoms with Crippen LogP contribution in [0.15, 0.2) is 0 Å². The lowest BCUT2D eigenvalue weighted by molar-refractivity contribution is -0.110. The molecule has 0 radical (unpaired) electrons. The normalized spacial score (nSPS) is 19.5. The van der Waals surface area contributed by atoms with Gasteiger partial charge < -0.3 is 14.8 Å². The van der Waals surface area contributed by atoms with Crippen molar-refractivity contribution >= 4 is 12.4 Å². The standard InChI is InChI=1S/C9H15NO3/c1-13-9(12)10-8(6-11)7-4-2-3-5-7/h6-8H,2-5H2,1H3,(H,10,12). The van der Waals surface area contributed by atoms with E-state index in [2.05, 4.69) is 10.1 Å². The highest BCUT2D eigenvalue weighted by atomic mass is 16.5. The van der Waals surface area contributed by atoms with Crippen molar-refractivity contribution in [3.05, 3.63) is 0 Å². The van der Waals surface area contributed by atoms with E-state index >= 15 is 0 Å². The van der Waals surface area contributed by atoms with E-state index in [0.717, 1.165) is 32.0 Å². The molecule has 4 nitrogen and oxygen atoms in total. The minimum Gasteiger partial charge on any atom is -0.453 e. The number of alkyl carbamates (subject to hydrolysis) is 1. The van der Waals surface area contributed by atoms with Crippen molar-refractivity contribution < 1.29 is 14.3 Å². The van der Waals surface area contributed by atoms with Gasteiger partial charge in [-0.05, 0) is 18.8 Å². The fourth-order valence-corrected chi connectivity index (χ4v) is 1.77. The molecule has 1 aliphatic rings. The Morgan fingerprint density at radius 1 is 1.54 bits per heavy atom. The first-order valence-corrected chi connectivity index (χ1v) is 4.57. The van der Waals surface area contributed by atoms with Gasteiger partial charge in [-0.25, -0.2) is 4.79 Å². The minimum absolute atomic E-state index is 0.302. The van der Waals surface area contributed by atoms with Crippen LogP contribution in [0.1, 0.15) is 25.7 Å². The van der Waals surface area contributed by atoms with Crippen molar-refractivity contribution in [1.82, 2.24) is 5.32 Å². The van der Waals surface area contributed by atoms with E-state index in [9.17, 15) is 9.59 Å². The highest BCUT2D eigenvalue weighted by Crippen LogP contribution is 2.26. The van der Waals surface area contributed by atoms with Crippen LogP contribution in [-0.2, 0) is 9.53 Å². The van der Waals surface area contributed by atoms with Crippen LogP contribution in [0.4, 0.5) is 4.79 Å². The largest absolute Gasteiger partial charge is 0.453 e. The molecule has 4 heteroatoms. The van der Waals surface area contributed by atoms with Crippen molar-refractivity contribution in [2.45, 2.75) is 31.7 Å². The third-order valence-electron chi connectivity index (χ3n) is 2.52. The summed E-state index contributed by atoms with van der Waals surface area (Å²) in [6.45, 7) is 0. The second-order valence-corrected chi connectivity index (χ2v) is 3.34. The first kappa shape index (κ1) is 10.0. The zero-order valence-corrected chi connectivity index (χ0v) is 7.79. The molecular formula is C9H15NO3. The Morgan fingerprint density at radius 2 is 2.15 bits per heavy atom. The summed E-state index contributed by atoms with van der Waals surface area (Å²) in [7, 11) is 1.30. The Morgan fingerprint density at radius 3 is 2.62 bits per heavy atom. The van der Waals surface area contributed by atoms with Crippen LogP contribution < -0.4 is 5.32 Å². The number of rotatable bonds is 3. The maximum absolute atomic E-state index is 10.8. The van der Waals surface area contributed by atoms with Crippen molar-refractivity contribution in [3.63, 3.8) is 0 Å². The third kappa shape index (κ3) is 2.72. The van der Waals surface area contributed by atoms with E-state index in [1.54, 1.807) is 0 Å². The predicted molar refractivity (Wildman–Crippen MR) is 47.4 cm³/mol. The Labute approximate surface area is 77.6 Å². The molecular weight excluding hydrogens is 170 g/mol. The molecule has 0 spiro atoms. The molecule has 1 rings (SSSR count). The molecule has 74 valence electrons. The summed E-state index contributed by atoms with van der Waals surface area (Å²) in [6.07, 6.45) is 4.62. The predicted octanol–water partition coefficient (Wildman–Crippen LogP) is 1.10. The maximum atomic E-state index is 10.8. The molecule has 0 saturated heterocycles. The fourth-order valence-electron chi connectivity index (χ4n) is 1.77. The Kier molecular flexibility index (Phi) is 3.73. The molecule has 0 aromatic carbocycles. The molecule has 1 unspecified atom stereocenters. The molecule has 1 amide bonds. The summed E-state index contributed by atoms with van der Waals surface area (Å²) in [4.78, 5) is 21.5. The summed E-state index contributed by atoms with van der Waals surface area (Å²) in [5.41, 5.74) is 0. The van der Waals surface area contributed by atoms with E-state index in [-0.39, 0.29) is 6.04 Å². The SMILES string of the molecule is COC(=O)NC(C=O)C1CCCC1. The molecule has 0 aliphatic heterocycles. The van der Waals surface area contributed by atoms with Crippen LogP contribution in [0.25, 0.3) is 0 Å². The summed E-state index contributed by atoms with van der Waals surface area (Å²) in [6, 6.07) is -0.366. The molecule has 1 aliphatic carbocycles. The number of hydrogen-bond acceptors (Lipinski definition) is 3. The van der Waals surface area contributed by atoms with Gasteiger partial charge in [0.2, 0.25) is 0 Å². The summed E-state index contributed by atoms with van der Waals surface area (Å²) < 4.78 is 4.43. The van der Waals surface area contributed by atoms with Crippen molar-refractivity contribution in [1.29, 1.82) is 0 Å². The number of carbonyl (C=O) groups excluding carboxylic acids is 2. The fraction of sp³-hybridized carbons (Fsp3) is 0.778. The molecule has 0 aromatic heterocycles. The van der Waals surface area contributed by atoms with Crippen LogP contribution in [0, 0.1) is 5.92 Å². The minimum atomic E-state index is -0.524. The van der Waals surface area contributed by atoms with Gasteiger partial charge in [0.1, 0.15) is 6.29 Å². The molecule has 0 bridgehead atoms. The molecule has 1 atom stereocenters. The average molecular weight is 185 g/mol. The van der Waals surface area contributed by atoms with E-state index < -0.39 is 6.09 Å². The lowest BCUT2D eigenvalue weighted by Gasteiger charge is -2.17. The third-order valence-corrected chi connectivity index (χ3v) is 2.52. The smallest absolute Gasteiger partial charge is 0.407 e. The molecule has 13 heavy (non-hydrogen) atoms. The topological polar surface area (TPSA) is 55.4 Å². The second-order valence-electron chi connectivity index (χ2n) is 3.34. The van der Waals surface area contributed by atoms with Gasteiger partial charge >= 0.3 is 6.09 Å². The van der Waals surface area contributed by atoms with E-state index in [1.807, 2.05) is 0 Å². The number of aldehydes is 1. The number of hydrogen-bond donors (Lipinski definition) is 1. The zero-order chi connectivity index (χ0) is 9.68. The molecule has 1 N–H and O–H groups in total. The van der Waals surface area contributed by atoms with Gasteiger partial charge in [-0.15, -0.1) is 0 Å². The van der Waals surface area contributed by atoms with Gasteiger partial charge in [0, 0.05) is 0 Å². The summed E-state index contributed by atoms with van der Waals surface area (Å²) >= 11 is 0. The van der Waals surface area contributed by atoms with Crippen molar-refractivity contribution in [3.8, 4) is 0 Å². The lowest BCUT2D eigenvalue weighted by atomic mass is 10.00. The van der Waals surface area contributed by atoms with Gasteiger partial charge in [-0.3, -0.25) is 0 Å². The number of carbonyl (C=O) groups is 2. The quantitative estimate of drug-likeness (QED) is 0.670. The van der Waals surface area contributed by atoms with Crippen LogP contribution in [-0.4, -0.2) is 25.5 Å². The monoisotopic (exact) mass is 185 g/mol. The Bertz CT molecular complexity index is 187. The van der Waals surface area contributed by atoms with E-state index in [4.69, 9.17) is 0 Å². The molecule has 0 heterocycles. The summed E-state index contributed by atoms with van der Waals surface area (Å²) in [5.74, 6) is 0.302. The van der Waals surface area contributed by atoms with Crippen LogP contribution in [0.3, 0.4) is 0 Å².